The van der Waals surface area contributed by atoms with Gasteiger partial charge in [0.25, 0.3) is 0 Å². The van der Waals surface area contributed by atoms with Crippen molar-refractivity contribution < 1.29 is 4.74 Å². The summed E-state index contributed by atoms with van der Waals surface area (Å²) in [6, 6.07) is 0.456. The average molecular weight is 482 g/mol. The number of nitrogens with zero attached hydrogens (tertiary/aromatic N) is 4. The van der Waals surface area contributed by atoms with Gasteiger partial charge in [-0.15, -0.1) is 35.3 Å². The van der Waals surface area contributed by atoms with Gasteiger partial charge in [0.1, 0.15) is 0 Å². The van der Waals surface area contributed by atoms with E-state index in [4.69, 9.17) is 4.74 Å². The first kappa shape index (κ1) is 22.4. The third kappa shape index (κ3) is 7.63. The molecule has 1 aromatic heterocycles. The third-order valence-electron chi connectivity index (χ3n) is 3.90. The van der Waals surface area contributed by atoms with Crippen LogP contribution in [0.25, 0.3) is 0 Å². The Morgan fingerprint density at radius 3 is 2.72 bits per heavy atom. The molecule has 0 bridgehead atoms. The van der Waals surface area contributed by atoms with Gasteiger partial charge in [0.05, 0.1) is 25.5 Å². The zero-order chi connectivity index (χ0) is 17.4. The molecule has 1 saturated heterocycles. The Hall–Kier alpha value is -0.650. The summed E-state index contributed by atoms with van der Waals surface area (Å²) in [6.07, 6.45) is 0. The molecule has 2 heterocycles. The summed E-state index contributed by atoms with van der Waals surface area (Å²) in [5, 5.41) is 9.82. The summed E-state index contributed by atoms with van der Waals surface area (Å²) in [4.78, 5) is 13.7. The summed E-state index contributed by atoms with van der Waals surface area (Å²) in [6.45, 7) is 10.3. The Balaban J connectivity index is 0.00000312. The lowest BCUT2D eigenvalue weighted by molar-refractivity contribution is 0.0211. The maximum Gasteiger partial charge on any atom is 0.191 e. The van der Waals surface area contributed by atoms with Gasteiger partial charge in [-0.25, -0.2) is 9.98 Å². The van der Waals surface area contributed by atoms with Crippen molar-refractivity contribution in [3.05, 3.63) is 11.1 Å². The van der Waals surface area contributed by atoms with E-state index in [0.717, 1.165) is 56.2 Å². The monoisotopic (exact) mass is 482 g/mol. The van der Waals surface area contributed by atoms with Crippen molar-refractivity contribution in [3.63, 3.8) is 0 Å². The van der Waals surface area contributed by atoms with Gasteiger partial charge in [0.2, 0.25) is 0 Å². The van der Waals surface area contributed by atoms with Gasteiger partial charge in [0, 0.05) is 51.7 Å². The summed E-state index contributed by atoms with van der Waals surface area (Å²) in [5.74, 6) is 0.844. The molecule has 0 aliphatic carbocycles. The second-order valence-corrected chi connectivity index (χ2v) is 6.93. The zero-order valence-corrected chi connectivity index (χ0v) is 18.8. The standard InChI is InChI=1S/C16H30N6OS.HI/c1-5-17-15(18-10-13(2)22-6-8-23-9-7-22)19-11-14-12-24-16(20-14)21(3)4;/h12-13H,5-11H2,1-4H3,(H2,17,18,19);1H. The van der Waals surface area contributed by atoms with Crippen LogP contribution in [0.1, 0.15) is 19.5 Å². The molecule has 144 valence electrons. The average Bonchev–Trinajstić information content (AvgIpc) is 3.07. The van der Waals surface area contributed by atoms with Crippen molar-refractivity contribution in [3.8, 4) is 0 Å². The normalized spacial score (nSPS) is 16.9. The van der Waals surface area contributed by atoms with E-state index in [1.54, 1.807) is 11.3 Å². The Morgan fingerprint density at radius 2 is 2.12 bits per heavy atom. The summed E-state index contributed by atoms with van der Waals surface area (Å²) in [5.41, 5.74) is 1.00. The number of guanidine groups is 1. The predicted molar refractivity (Wildman–Crippen MR) is 117 cm³/mol. The highest BCUT2D eigenvalue weighted by Crippen LogP contribution is 2.18. The van der Waals surface area contributed by atoms with Gasteiger partial charge in [0.15, 0.2) is 11.1 Å². The number of anilines is 1. The number of aliphatic imine (C=N–C) groups is 1. The fourth-order valence-corrected chi connectivity index (χ4v) is 3.22. The molecule has 0 amide bonds. The lowest BCUT2D eigenvalue weighted by atomic mass is 10.2. The topological polar surface area (TPSA) is 65.0 Å². The maximum atomic E-state index is 5.41. The van der Waals surface area contributed by atoms with Crippen LogP contribution in [0.4, 0.5) is 5.13 Å². The van der Waals surface area contributed by atoms with Crippen LogP contribution in [0.2, 0.25) is 0 Å². The van der Waals surface area contributed by atoms with Crippen LogP contribution in [0.3, 0.4) is 0 Å². The highest BCUT2D eigenvalue weighted by atomic mass is 127. The molecule has 1 fully saturated rings. The van der Waals surface area contributed by atoms with E-state index in [1.165, 1.54) is 0 Å². The lowest BCUT2D eigenvalue weighted by Gasteiger charge is -2.32. The van der Waals surface area contributed by atoms with Crippen LogP contribution in [-0.2, 0) is 11.3 Å². The third-order valence-corrected chi connectivity index (χ3v) is 4.96. The first-order chi connectivity index (χ1) is 11.6. The van der Waals surface area contributed by atoms with Crippen molar-refractivity contribution in [2.45, 2.75) is 26.4 Å². The largest absolute Gasteiger partial charge is 0.379 e. The molecule has 1 atom stereocenters. The molecule has 1 unspecified atom stereocenters. The molecular formula is C16H31IN6OS. The number of hydrogen-bond donors (Lipinski definition) is 2. The molecule has 25 heavy (non-hydrogen) atoms. The van der Waals surface area contributed by atoms with Gasteiger partial charge in [-0.05, 0) is 13.8 Å². The number of thiazole rings is 1. The molecule has 0 radical (unpaired) electrons. The minimum atomic E-state index is 0. The van der Waals surface area contributed by atoms with E-state index in [2.05, 4.69) is 44.7 Å². The van der Waals surface area contributed by atoms with E-state index >= 15 is 0 Å². The van der Waals surface area contributed by atoms with Crippen LogP contribution < -0.4 is 15.5 Å². The van der Waals surface area contributed by atoms with Crippen LogP contribution >= 0.6 is 35.3 Å². The Morgan fingerprint density at radius 1 is 1.40 bits per heavy atom. The Kier molecular flexibility index (Phi) is 10.6. The van der Waals surface area contributed by atoms with Crippen LogP contribution in [0.5, 0.6) is 0 Å². The maximum absolute atomic E-state index is 5.41. The van der Waals surface area contributed by atoms with Crippen molar-refractivity contribution in [2.75, 3.05) is 58.4 Å². The van der Waals surface area contributed by atoms with Gasteiger partial charge in [-0.1, -0.05) is 0 Å². The number of aromatic nitrogens is 1. The minimum Gasteiger partial charge on any atom is -0.379 e. The molecule has 2 N–H and O–H groups in total. The molecule has 2 rings (SSSR count). The predicted octanol–water partition coefficient (Wildman–Crippen LogP) is 1.60. The molecule has 0 spiro atoms. The number of ether oxygens (including phenoxy) is 1. The molecule has 1 aromatic rings. The van der Waals surface area contributed by atoms with Crippen molar-refractivity contribution >= 4 is 46.4 Å². The van der Waals surface area contributed by atoms with Gasteiger partial charge >= 0.3 is 0 Å². The van der Waals surface area contributed by atoms with E-state index in [0.29, 0.717) is 12.6 Å². The molecule has 9 heteroatoms. The van der Waals surface area contributed by atoms with Gasteiger partial charge in [-0.3, -0.25) is 4.90 Å². The number of morpholine rings is 1. The molecule has 1 aliphatic rings. The van der Waals surface area contributed by atoms with Crippen LogP contribution in [0, 0.1) is 0 Å². The number of halogens is 1. The van der Waals surface area contributed by atoms with E-state index in [9.17, 15) is 0 Å². The summed E-state index contributed by atoms with van der Waals surface area (Å²) in [7, 11) is 4.01. The Bertz CT molecular complexity index is 518. The molecule has 0 saturated carbocycles. The fraction of sp³-hybridized carbons (Fsp3) is 0.750. The second kappa shape index (κ2) is 11.9. The first-order valence-corrected chi connectivity index (χ1v) is 9.43. The molecule has 1 aliphatic heterocycles. The first-order valence-electron chi connectivity index (χ1n) is 8.55. The van der Waals surface area contributed by atoms with Gasteiger partial charge in [-0.2, -0.15) is 0 Å². The molecule has 7 nitrogen and oxygen atoms in total. The quantitative estimate of drug-likeness (QED) is 0.350. The SMILES string of the molecule is CCNC(=NCc1csc(N(C)C)n1)NCC(C)N1CCOCC1.I. The summed E-state index contributed by atoms with van der Waals surface area (Å²) >= 11 is 1.65. The van der Waals surface area contributed by atoms with Crippen molar-refractivity contribution in [1.29, 1.82) is 0 Å². The van der Waals surface area contributed by atoms with Crippen LogP contribution in [-0.4, -0.2) is 75.4 Å². The zero-order valence-electron chi connectivity index (χ0n) is 15.6. The number of rotatable bonds is 7. The number of nitrogens with one attached hydrogen (secondary N) is 2. The lowest BCUT2D eigenvalue weighted by Crippen LogP contribution is -2.49. The highest BCUT2D eigenvalue weighted by Gasteiger charge is 2.17. The molecule has 0 aromatic carbocycles. The van der Waals surface area contributed by atoms with Crippen LogP contribution in [0.15, 0.2) is 10.4 Å². The number of hydrogen-bond acceptors (Lipinski definition) is 6. The molecular weight excluding hydrogens is 451 g/mol. The fourth-order valence-electron chi connectivity index (χ4n) is 2.47. The van der Waals surface area contributed by atoms with Gasteiger partial charge < -0.3 is 20.3 Å². The Labute approximate surface area is 172 Å². The smallest absolute Gasteiger partial charge is 0.191 e. The highest BCUT2D eigenvalue weighted by molar-refractivity contribution is 14.0. The summed E-state index contributed by atoms with van der Waals surface area (Å²) < 4.78 is 5.41. The minimum absolute atomic E-state index is 0. The van der Waals surface area contributed by atoms with E-state index in [1.807, 2.05) is 19.0 Å². The second-order valence-electron chi connectivity index (χ2n) is 6.09. The van der Waals surface area contributed by atoms with E-state index in [-0.39, 0.29) is 24.0 Å². The van der Waals surface area contributed by atoms with Crippen molar-refractivity contribution in [2.24, 2.45) is 4.99 Å². The van der Waals surface area contributed by atoms with Crippen molar-refractivity contribution in [1.82, 2.24) is 20.5 Å². The van der Waals surface area contributed by atoms with E-state index < -0.39 is 0 Å².